The van der Waals surface area contributed by atoms with Crippen molar-refractivity contribution in [1.82, 2.24) is 23.6 Å². The molecule has 3 N–H and O–H groups in total. The number of carboxylic acids is 1. The van der Waals surface area contributed by atoms with Gasteiger partial charge < -0.3 is 62.2 Å². The number of aryl methyl sites for hydroxylation is 3. The third-order valence-electron chi connectivity index (χ3n) is 13.9. The Labute approximate surface area is 488 Å². The summed E-state index contributed by atoms with van der Waals surface area (Å²) in [6.07, 6.45) is -5.20. The zero-order valence-electron chi connectivity index (χ0n) is 49.6. The van der Waals surface area contributed by atoms with Gasteiger partial charge in [-0.25, -0.2) is 13.2 Å². The van der Waals surface area contributed by atoms with Gasteiger partial charge in [-0.05, 0) is 100 Å². The predicted octanol–water partition coefficient (Wildman–Crippen LogP) is 9.65. The van der Waals surface area contributed by atoms with Gasteiger partial charge in [-0.15, -0.1) is 0 Å². The van der Waals surface area contributed by atoms with Crippen LogP contribution in [0.5, 0.6) is 23.0 Å². The van der Waals surface area contributed by atoms with Gasteiger partial charge in [0.05, 0.1) is 63.6 Å². The van der Waals surface area contributed by atoms with E-state index in [0.717, 1.165) is 49.3 Å². The van der Waals surface area contributed by atoms with Crippen molar-refractivity contribution in [3.8, 4) is 23.0 Å². The van der Waals surface area contributed by atoms with E-state index in [-0.39, 0.29) is 65.0 Å². The number of alkyl halides is 3. The van der Waals surface area contributed by atoms with E-state index in [1.54, 1.807) is 50.1 Å². The highest BCUT2D eigenvalue weighted by molar-refractivity contribution is 5.95. The lowest BCUT2D eigenvalue weighted by molar-refractivity contribution is -0.142. The second-order valence-electron chi connectivity index (χ2n) is 19.9. The number of phenols is 1. The first-order valence-corrected chi connectivity index (χ1v) is 26.0. The van der Waals surface area contributed by atoms with Gasteiger partial charge in [-0.3, -0.25) is 33.6 Å². The van der Waals surface area contributed by atoms with Crippen molar-refractivity contribution in [1.29, 1.82) is 0 Å². The number of carbonyl (C=O) groups excluding carboxylic acids is 6. The highest BCUT2D eigenvalue weighted by atomic mass is 19.4. The number of phenolic OH excluding ortho intramolecular Hbond substituents is 1. The monoisotopic (exact) mass is 1210 g/mol. The maximum Gasteiger partial charge on any atom is 0.420 e. The number of benzene rings is 4. The maximum absolute atomic E-state index is 14.6. The summed E-state index contributed by atoms with van der Waals surface area (Å²) in [5.41, 5.74) is 5.80. The number of hydrogen-bond acceptors (Lipinski definition) is 15. The fourth-order valence-corrected chi connectivity index (χ4v) is 9.60. The average molecular weight is 1210 g/mol. The molecule has 0 aliphatic carbocycles. The molecule has 0 atom stereocenters. The number of aliphatic carboxylic acids is 1. The summed E-state index contributed by atoms with van der Waals surface area (Å²) in [6.45, 7) is 11.9. The minimum Gasteiger partial charge on any atom is -0.505 e. The lowest BCUT2D eigenvalue weighted by Crippen LogP contribution is -2.19. The van der Waals surface area contributed by atoms with Gasteiger partial charge in [0.1, 0.15) is 11.3 Å². The second kappa shape index (κ2) is 28.0. The highest BCUT2D eigenvalue weighted by Gasteiger charge is 2.39. The van der Waals surface area contributed by atoms with Gasteiger partial charge in [0.15, 0.2) is 34.7 Å². The molecule has 26 heteroatoms. The zero-order chi connectivity index (χ0) is 64.6. The van der Waals surface area contributed by atoms with Crippen molar-refractivity contribution in [2.45, 2.75) is 86.9 Å². The molecule has 0 spiro atoms. The fraction of sp³-hybridized carbons (Fsp3) is 0.350. The van der Waals surface area contributed by atoms with E-state index in [9.17, 15) is 65.0 Å². The van der Waals surface area contributed by atoms with E-state index in [4.69, 9.17) is 19.3 Å². The van der Waals surface area contributed by atoms with Gasteiger partial charge in [-0.1, -0.05) is 0 Å². The molecule has 4 heterocycles. The van der Waals surface area contributed by atoms with E-state index < -0.39 is 76.5 Å². The van der Waals surface area contributed by atoms with Gasteiger partial charge in [0.25, 0.3) is 0 Å². The third kappa shape index (κ3) is 15.5. The summed E-state index contributed by atoms with van der Waals surface area (Å²) in [7, 11) is 11.2. The van der Waals surface area contributed by atoms with Gasteiger partial charge >= 0.3 is 48.0 Å². The number of aromatic hydroxyl groups is 1. The molecule has 86 heavy (non-hydrogen) atoms. The Hall–Kier alpha value is -9.33. The quantitative estimate of drug-likeness (QED) is 0.0397. The number of methoxy groups -OCH3 is 3. The molecule has 0 amide bonds. The minimum atomic E-state index is -4.76. The number of likely N-dealkylation sites (N-methyl/N-ethyl adjacent to an activating group) is 1. The summed E-state index contributed by atoms with van der Waals surface area (Å²) in [5.74, 6) is -7.87. The largest absolute Gasteiger partial charge is 0.505 e. The number of ether oxygens (including phenoxy) is 6. The number of hydrogen-bond donors (Lipinski definition) is 3. The topological polar surface area (TPSA) is 249 Å². The molecule has 0 saturated heterocycles. The Bertz CT molecular complexity index is 3940. The molecule has 0 aliphatic heterocycles. The summed E-state index contributed by atoms with van der Waals surface area (Å²) in [4.78, 5) is 83.4. The van der Waals surface area contributed by atoms with E-state index in [2.05, 4.69) is 19.2 Å². The SMILES string of the molecule is CC(=O)Oc1cc2c(CC(=O)O)c(C)n(C)c2cc1F.COC(=O)Cc1c(C)[nH]c2ccc(OC(C)=O)c(C(F)(F)F)c12.COC(=O)Cc1c(C)n(C)c2ccc(OC(C)=O)c(F)c12.COC(=O)Cc1c(C)n(CCN(C)C)c2cc(F)c(O)cc12. The molecule has 0 saturated carbocycles. The molecule has 0 aliphatic rings. The van der Waals surface area contributed by atoms with Gasteiger partial charge in [0, 0.05) is 110 Å². The summed E-state index contributed by atoms with van der Waals surface area (Å²) in [6, 6.07) is 10.8. The fourth-order valence-electron chi connectivity index (χ4n) is 9.60. The van der Waals surface area contributed by atoms with E-state index >= 15 is 0 Å². The molecule has 0 radical (unpaired) electrons. The molecular weight excluding hydrogens is 1140 g/mol. The number of halogens is 6. The number of esters is 6. The van der Waals surface area contributed by atoms with E-state index in [0.29, 0.717) is 50.7 Å². The van der Waals surface area contributed by atoms with Crippen LogP contribution < -0.4 is 14.2 Å². The highest BCUT2D eigenvalue weighted by Crippen LogP contribution is 2.44. The number of aromatic nitrogens is 4. The molecule has 0 fully saturated rings. The van der Waals surface area contributed by atoms with Crippen molar-refractivity contribution >= 4 is 85.4 Å². The molecule has 462 valence electrons. The van der Waals surface area contributed by atoms with Crippen LogP contribution >= 0.6 is 0 Å². The van der Waals surface area contributed by atoms with Crippen molar-refractivity contribution < 1.29 is 98.5 Å². The number of nitrogens with one attached hydrogen (secondary N) is 1. The van der Waals surface area contributed by atoms with Crippen molar-refractivity contribution in [2.75, 3.05) is 42.0 Å². The second-order valence-corrected chi connectivity index (χ2v) is 19.9. The number of rotatable bonds is 14. The van der Waals surface area contributed by atoms with Gasteiger partial charge in [0.2, 0.25) is 0 Å². The number of fused-ring (bicyclic) bond motifs is 4. The predicted molar refractivity (Wildman–Crippen MR) is 303 cm³/mol. The molecule has 4 aromatic carbocycles. The smallest absolute Gasteiger partial charge is 0.420 e. The van der Waals surface area contributed by atoms with E-state index in [1.807, 2.05) is 30.5 Å². The Morgan fingerprint density at radius 1 is 0.581 bits per heavy atom. The van der Waals surface area contributed by atoms with E-state index in [1.165, 1.54) is 64.5 Å². The number of carbonyl (C=O) groups is 7. The summed E-state index contributed by atoms with van der Waals surface area (Å²) >= 11 is 0. The van der Waals surface area contributed by atoms with Crippen LogP contribution in [-0.4, -0.2) is 118 Å². The van der Waals surface area contributed by atoms with Crippen LogP contribution in [0.1, 0.15) is 71.4 Å². The van der Waals surface area contributed by atoms with Crippen LogP contribution in [0.4, 0.5) is 26.3 Å². The molecule has 4 aromatic heterocycles. The van der Waals surface area contributed by atoms with Crippen LogP contribution in [0.15, 0.2) is 48.5 Å². The third-order valence-corrected chi connectivity index (χ3v) is 13.9. The van der Waals surface area contributed by atoms with Crippen molar-refractivity contribution in [2.24, 2.45) is 14.1 Å². The lowest BCUT2D eigenvalue weighted by Gasteiger charge is -2.14. The summed E-state index contributed by atoms with van der Waals surface area (Å²) in [5, 5.41) is 19.9. The molecule has 0 unspecified atom stereocenters. The number of H-pyrrole nitrogens is 1. The number of aromatic amines is 1. The minimum absolute atomic E-state index is 0.0415. The number of nitrogens with zero attached hydrogens (tertiary/aromatic N) is 4. The van der Waals surface area contributed by atoms with Crippen molar-refractivity contribution in [3.05, 3.63) is 117 Å². The molecule has 0 bridgehead atoms. The standard InChI is InChI=1S/C16H21FN2O3.C15H14F3NO4.C15H16FNO4.C14H14FNO4/c1-10-11(8-16(21)22-4)12-7-15(20)13(17)9-14(12)19(10)6-5-18(2)3;1-7-9(6-12(21)22-3)13-10(19-7)4-5-11(23-8(2)20)14(13)15(16,17)18;1-8-10(7-13(19)20-4)14-11(17(8)3)5-6-12(15(14)16)21-9(2)18;1-7-9(5-14(18)19)10-4-13(20-8(2)17)11(15)6-12(10)16(7)3/h7,9,20H,5-6,8H2,1-4H3;4-5,19H,6H2,1-3H3;5-6H,7H2,1-4H3;4,6H,5H2,1-3H3,(H,18,19). The lowest BCUT2D eigenvalue weighted by atomic mass is 10.0. The first kappa shape index (κ1) is 67.5. The zero-order valence-corrected chi connectivity index (χ0v) is 49.6. The maximum atomic E-state index is 14.6. The van der Waals surface area contributed by atoms with Gasteiger partial charge in [-0.2, -0.15) is 13.2 Å². The van der Waals surface area contributed by atoms with Crippen LogP contribution in [-0.2, 0) is 100 Å². The normalized spacial score (nSPS) is 11.1. The van der Waals surface area contributed by atoms with Crippen LogP contribution in [0.2, 0.25) is 0 Å². The van der Waals surface area contributed by atoms with Crippen LogP contribution in [0, 0.1) is 45.1 Å². The van der Waals surface area contributed by atoms with Crippen molar-refractivity contribution in [3.63, 3.8) is 0 Å². The Kier molecular flexibility index (Phi) is 22.0. The summed E-state index contributed by atoms with van der Waals surface area (Å²) < 4.78 is 116. The molecular formula is C60H65F6N5O15. The Morgan fingerprint density at radius 2 is 1.06 bits per heavy atom. The average Bonchev–Trinajstić information content (AvgIpc) is 4.13. The molecule has 20 nitrogen and oxygen atoms in total. The molecule has 8 aromatic rings. The van der Waals surface area contributed by atoms with Crippen LogP contribution in [0.25, 0.3) is 43.6 Å². The first-order valence-electron chi connectivity index (χ1n) is 26.0. The Balaban J connectivity index is 0.000000210. The number of carboxylic acid groups (broad SMARTS) is 1. The first-order chi connectivity index (χ1) is 40.2. The Morgan fingerprint density at radius 3 is 1.59 bits per heavy atom. The molecule has 8 rings (SSSR count). The van der Waals surface area contributed by atoms with Crippen LogP contribution in [0.3, 0.4) is 0 Å².